The molecule has 0 radical (unpaired) electrons. The summed E-state index contributed by atoms with van der Waals surface area (Å²) in [5, 5.41) is 14.5. The van der Waals surface area contributed by atoms with Gasteiger partial charge in [0.2, 0.25) is 0 Å². The molecule has 0 spiro atoms. The molecule has 2 aliphatic heterocycles. The van der Waals surface area contributed by atoms with Crippen LogP contribution < -0.4 is 15.4 Å². The predicted octanol–water partition coefficient (Wildman–Crippen LogP) is 2.61. The lowest BCUT2D eigenvalue weighted by Crippen LogP contribution is -2.51. The van der Waals surface area contributed by atoms with Crippen molar-refractivity contribution in [2.75, 3.05) is 0 Å². The van der Waals surface area contributed by atoms with Crippen molar-refractivity contribution in [3.8, 4) is 11.5 Å². The van der Waals surface area contributed by atoms with Gasteiger partial charge in [-0.1, -0.05) is 36.4 Å². The average molecular weight is 378 g/mol. The van der Waals surface area contributed by atoms with E-state index in [4.69, 9.17) is 4.74 Å². The molecule has 5 rings (SSSR count). The third-order valence-corrected chi connectivity index (χ3v) is 6.04. The normalized spacial score (nSPS) is 27.9. The predicted molar refractivity (Wildman–Crippen MR) is 98.1 cm³/mol. The molecular weight excluding hydrogens is 360 g/mol. The van der Waals surface area contributed by atoms with Gasteiger partial charge in [-0.15, -0.1) is 0 Å². The first-order valence-corrected chi connectivity index (χ1v) is 9.22. The van der Waals surface area contributed by atoms with E-state index in [-0.39, 0.29) is 12.3 Å². The number of hydrogen-bond acceptors (Lipinski definition) is 4. The van der Waals surface area contributed by atoms with Gasteiger partial charge in [-0.3, -0.25) is 14.9 Å². The maximum Gasteiger partial charge on any atom is 0.322 e. The number of carbonyl (C=O) groups is 3. The Morgan fingerprint density at radius 1 is 1.07 bits per heavy atom. The van der Waals surface area contributed by atoms with Gasteiger partial charge in [-0.05, 0) is 25.0 Å². The minimum Gasteiger partial charge on any atom is -0.481 e. The highest BCUT2D eigenvalue weighted by Crippen LogP contribution is 2.54. The zero-order valence-corrected chi connectivity index (χ0v) is 14.8. The molecule has 3 N–H and O–H groups in total. The molecule has 2 aromatic carbocycles. The highest BCUT2D eigenvalue weighted by Gasteiger charge is 2.64. The van der Waals surface area contributed by atoms with Gasteiger partial charge in [0.15, 0.2) is 0 Å². The van der Waals surface area contributed by atoms with Crippen molar-refractivity contribution in [3.63, 3.8) is 0 Å². The van der Waals surface area contributed by atoms with E-state index in [9.17, 15) is 19.5 Å². The van der Waals surface area contributed by atoms with Crippen molar-refractivity contribution >= 4 is 17.9 Å². The van der Waals surface area contributed by atoms with Crippen molar-refractivity contribution in [3.05, 3.63) is 59.7 Å². The minimum absolute atomic E-state index is 0.208. The number of urea groups is 1. The summed E-state index contributed by atoms with van der Waals surface area (Å²) in [6.07, 6.45) is 0.645. The van der Waals surface area contributed by atoms with Gasteiger partial charge in [0.05, 0.1) is 5.92 Å². The van der Waals surface area contributed by atoms with E-state index >= 15 is 0 Å². The largest absolute Gasteiger partial charge is 0.481 e. The molecule has 7 heteroatoms. The number of imide groups is 1. The molecule has 0 aromatic heterocycles. The van der Waals surface area contributed by atoms with E-state index in [1.807, 2.05) is 48.5 Å². The topological polar surface area (TPSA) is 105 Å². The second-order valence-corrected chi connectivity index (χ2v) is 7.60. The van der Waals surface area contributed by atoms with Crippen molar-refractivity contribution < 1.29 is 24.2 Å². The van der Waals surface area contributed by atoms with Crippen LogP contribution in [-0.4, -0.2) is 28.6 Å². The van der Waals surface area contributed by atoms with E-state index in [0.29, 0.717) is 17.9 Å². The smallest absolute Gasteiger partial charge is 0.322 e. The Morgan fingerprint density at radius 3 is 2.18 bits per heavy atom. The Morgan fingerprint density at radius 2 is 1.68 bits per heavy atom. The first-order chi connectivity index (χ1) is 13.5. The Bertz CT molecular complexity index is 974. The molecule has 2 aromatic rings. The van der Waals surface area contributed by atoms with Gasteiger partial charge in [0.25, 0.3) is 5.91 Å². The molecular formula is C21H18N2O5. The molecule has 3 atom stereocenters. The number of aliphatic carboxylic acids is 1. The average Bonchev–Trinajstić information content (AvgIpc) is 3.43. The van der Waals surface area contributed by atoms with Gasteiger partial charge in [-0.2, -0.15) is 0 Å². The maximum absolute atomic E-state index is 12.8. The van der Waals surface area contributed by atoms with Crippen molar-refractivity contribution in [2.45, 2.75) is 24.3 Å². The lowest BCUT2D eigenvalue weighted by Gasteiger charge is -2.35. The molecule has 1 saturated heterocycles. The lowest BCUT2D eigenvalue weighted by molar-refractivity contribution is -0.139. The Hall–Kier alpha value is -3.35. The van der Waals surface area contributed by atoms with Crippen molar-refractivity contribution in [2.24, 2.45) is 11.8 Å². The highest BCUT2D eigenvalue weighted by molar-refractivity contribution is 6.08. The summed E-state index contributed by atoms with van der Waals surface area (Å²) < 4.78 is 6.01. The van der Waals surface area contributed by atoms with Gasteiger partial charge in [-0.25, -0.2) is 4.79 Å². The fourth-order valence-corrected chi connectivity index (χ4v) is 4.62. The lowest BCUT2D eigenvalue weighted by atomic mass is 9.75. The van der Waals surface area contributed by atoms with Crippen LogP contribution in [-0.2, 0) is 9.59 Å². The Balaban J connectivity index is 1.60. The highest BCUT2D eigenvalue weighted by atomic mass is 16.5. The number of rotatable bonds is 4. The molecule has 7 nitrogen and oxygen atoms in total. The number of hydrogen-bond donors (Lipinski definition) is 3. The molecule has 1 aliphatic carbocycles. The number of nitrogens with one attached hydrogen (secondary N) is 2. The summed E-state index contributed by atoms with van der Waals surface area (Å²) in [6, 6.07) is 14.6. The summed E-state index contributed by atoms with van der Waals surface area (Å²) in [7, 11) is 0. The van der Waals surface area contributed by atoms with E-state index in [0.717, 1.165) is 11.1 Å². The number of para-hydroxylation sites is 2. The quantitative estimate of drug-likeness (QED) is 0.710. The first-order valence-electron chi connectivity index (χ1n) is 9.22. The second kappa shape index (κ2) is 5.82. The van der Waals surface area contributed by atoms with Crippen LogP contribution >= 0.6 is 0 Å². The number of fused-ring (bicyclic) bond motifs is 2. The SMILES string of the molecule is O=C1NC(=O)C(CC2c3ccccc3Oc3ccccc32)([C@H]2C[C@@H]2C(=O)O)N1. The molecule has 3 aliphatic rings. The van der Waals surface area contributed by atoms with Crippen LogP contribution in [0.2, 0.25) is 0 Å². The van der Waals surface area contributed by atoms with Crippen molar-refractivity contribution in [1.82, 2.24) is 10.6 Å². The minimum atomic E-state index is -1.25. The zero-order valence-electron chi connectivity index (χ0n) is 14.8. The molecule has 142 valence electrons. The van der Waals surface area contributed by atoms with Crippen LogP contribution in [0, 0.1) is 11.8 Å². The van der Waals surface area contributed by atoms with Gasteiger partial charge < -0.3 is 15.2 Å². The fraction of sp³-hybridized carbons (Fsp3) is 0.286. The van der Waals surface area contributed by atoms with E-state index in [1.54, 1.807) is 0 Å². The first kappa shape index (κ1) is 16.8. The molecule has 1 saturated carbocycles. The number of carboxylic acid groups (broad SMARTS) is 1. The third kappa shape index (κ3) is 2.39. The van der Waals surface area contributed by atoms with E-state index in [2.05, 4.69) is 10.6 Å². The van der Waals surface area contributed by atoms with Gasteiger partial charge in [0, 0.05) is 23.0 Å². The van der Waals surface area contributed by atoms with Crippen LogP contribution in [0.3, 0.4) is 0 Å². The van der Waals surface area contributed by atoms with E-state index in [1.165, 1.54) is 0 Å². The molecule has 0 bridgehead atoms. The number of carboxylic acids is 1. The van der Waals surface area contributed by atoms with Gasteiger partial charge in [0.1, 0.15) is 17.0 Å². The number of carbonyl (C=O) groups excluding carboxylic acids is 2. The molecule has 1 unspecified atom stereocenters. The molecule has 3 amide bonds. The summed E-state index contributed by atoms with van der Waals surface area (Å²) >= 11 is 0. The molecule has 2 fully saturated rings. The van der Waals surface area contributed by atoms with Crippen LogP contribution in [0.1, 0.15) is 29.9 Å². The monoisotopic (exact) mass is 378 g/mol. The number of benzene rings is 2. The summed E-state index contributed by atoms with van der Waals surface area (Å²) in [5.74, 6) is -1.25. The van der Waals surface area contributed by atoms with Crippen LogP contribution in [0.5, 0.6) is 11.5 Å². The summed E-state index contributed by atoms with van der Waals surface area (Å²) in [5.41, 5.74) is 0.589. The van der Waals surface area contributed by atoms with Crippen LogP contribution in [0.15, 0.2) is 48.5 Å². The number of ether oxygens (including phenoxy) is 1. The standard InChI is InChI=1S/C21H18N2O5/c24-18(25)13-9-15(13)21(19(26)22-20(27)23-21)10-14-11-5-1-3-7-16(11)28-17-8-4-2-6-12(14)17/h1-8,13-15H,9-10H2,(H,24,25)(H2,22,23,26,27)/t13-,15-,21?/m0/s1. The number of amides is 3. The summed E-state index contributed by atoms with van der Waals surface area (Å²) in [4.78, 5) is 36.3. The van der Waals surface area contributed by atoms with Crippen LogP contribution in [0.25, 0.3) is 0 Å². The third-order valence-electron chi connectivity index (χ3n) is 6.04. The van der Waals surface area contributed by atoms with Crippen molar-refractivity contribution in [1.29, 1.82) is 0 Å². The maximum atomic E-state index is 12.8. The molecule has 2 heterocycles. The Labute approximate surface area is 160 Å². The summed E-state index contributed by atoms with van der Waals surface area (Å²) in [6.45, 7) is 0. The van der Waals surface area contributed by atoms with Crippen LogP contribution in [0.4, 0.5) is 4.79 Å². The second-order valence-electron chi connectivity index (χ2n) is 7.60. The fourth-order valence-electron chi connectivity index (χ4n) is 4.62. The Kier molecular flexibility index (Phi) is 3.49. The molecule has 28 heavy (non-hydrogen) atoms. The zero-order chi connectivity index (χ0) is 19.5. The van der Waals surface area contributed by atoms with E-state index < -0.39 is 35.3 Å². The van der Waals surface area contributed by atoms with Gasteiger partial charge >= 0.3 is 12.0 Å².